The van der Waals surface area contributed by atoms with E-state index in [2.05, 4.69) is 19.9 Å². The number of unbranched alkanes of at least 4 members (excludes halogenated alkanes) is 18. The standard InChI is InChI=1S/C30H54O2/c1-3-5-7-9-11-13-15-17-19-21-23-27-25-28(30(32)29(31)26-27)24-22-20-18-16-14-12-10-8-6-4-2/h25-26,31-32H,3-24H2,1-2H3. The highest BCUT2D eigenvalue weighted by molar-refractivity contribution is 5.47. The van der Waals surface area contributed by atoms with Gasteiger partial charge in [0.1, 0.15) is 0 Å². The van der Waals surface area contributed by atoms with Crippen LogP contribution in [0, 0.1) is 0 Å². The summed E-state index contributed by atoms with van der Waals surface area (Å²) in [7, 11) is 0. The molecule has 1 aromatic rings. The summed E-state index contributed by atoms with van der Waals surface area (Å²) >= 11 is 0. The number of phenolic OH excluding ortho intramolecular Hbond substituents is 2. The van der Waals surface area contributed by atoms with Gasteiger partial charge in [-0.15, -0.1) is 0 Å². The molecule has 0 fully saturated rings. The van der Waals surface area contributed by atoms with Gasteiger partial charge in [-0.3, -0.25) is 0 Å². The van der Waals surface area contributed by atoms with E-state index in [0.29, 0.717) is 0 Å². The lowest BCUT2D eigenvalue weighted by Crippen LogP contribution is -1.93. The number of hydrogen-bond acceptors (Lipinski definition) is 2. The third-order valence-corrected chi connectivity index (χ3v) is 6.85. The van der Waals surface area contributed by atoms with Crippen LogP contribution in [-0.4, -0.2) is 10.2 Å². The van der Waals surface area contributed by atoms with E-state index in [-0.39, 0.29) is 11.5 Å². The maximum Gasteiger partial charge on any atom is 0.160 e. The van der Waals surface area contributed by atoms with Gasteiger partial charge in [0, 0.05) is 0 Å². The fourth-order valence-corrected chi connectivity index (χ4v) is 4.70. The van der Waals surface area contributed by atoms with Crippen molar-refractivity contribution in [1.82, 2.24) is 0 Å². The largest absolute Gasteiger partial charge is 0.504 e. The van der Waals surface area contributed by atoms with E-state index in [4.69, 9.17) is 0 Å². The van der Waals surface area contributed by atoms with E-state index >= 15 is 0 Å². The van der Waals surface area contributed by atoms with Gasteiger partial charge in [-0.2, -0.15) is 0 Å². The van der Waals surface area contributed by atoms with Crippen LogP contribution in [0.3, 0.4) is 0 Å². The van der Waals surface area contributed by atoms with Crippen molar-refractivity contribution in [1.29, 1.82) is 0 Å². The first-order valence-electron chi connectivity index (χ1n) is 14.2. The summed E-state index contributed by atoms with van der Waals surface area (Å²) in [5, 5.41) is 20.4. The predicted molar refractivity (Wildman–Crippen MR) is 141 cm³/mol. The molecule has 0 aliphatic heterocycles. The van der Waals surface area contributed by atoms with Crippen molar-refractivity contribution in [2.24, 2.45) is 0 Å². The maximum atomic E-state index is 10.3. The van der Waals surface area contributed by atoms with E-state index in [1.54, 1.807) is 6.07 Å². The van der Waals surface area contributed by atoms with Crippen molar-refractivity contribution in [3.8, 4) is 11.5 Å². The lowest BCUT2D eigenvalue weighted by molar-refractivity contribution is 0.397. The molecule has 0 saturated carbocycles. The molecular weight excluding hydrogens is 392 g/mol. The summed E-state index contributed by atoms with van der Waals surface area (Å²) in [6.45, 7) is 4.54. The maximum absolute atomic E-state index is 10.3. The number of phenols is 2. The summed E-state index contributed by atoms with van der Waals surface area (Å²) in [4.78, 5) is 0. The van der Waals surface area contributed by atoms with E-state index < -0.39 is 0 Å². The molecule has 0 aromatic heterocycles. The molecule has 1 rings (SSSR count). The first kappa shape index (κ1) is 28.9. The van der Waals surface area contributed by atoms with Crippen molar-refractivity contribution in [2.45, 2.75) is 155 Å². The summed E-state index contributed by atoms with van der Waals surface area (Å²) in [5.74, 6) is 0.171. The number of benzene rings is 1. The Hall–Kier alpha value is -1.18. The second-order valence-electron chi connectivity index (χ2n) is 9.99. The molecule has 0 amide bonds. The summed E-state index contributed by atoms with van der Waals surface area (Å²) in [6, 6.07) is 3.90. The van der Waals surface area contributed by atoms with Crippen LogP contribution in [0.2, 0.25) is 0 Å². The summed E-state index contributed by atoms with van der Waals surface area (Å²) in [5.41, 5.74) is 2.12. The smallest absolute Gasteiger partial charge is 0.160 e. The Balaban J connectivity index is 2.15. The van der Waals surface area contributed by atoms with Crippen molar-refractivity contribution >= 4 is 0 Å². The van der Waals surface area contributed by atoms with Crippen molar-refractivity contribution in [2.75, 3.05) is 0 Å². The zero-order valence-corrected chi connectivity index (χ0v) is 21.6. The van der Waals surface area contributed by atoms with Gasteiger partial charge in [-0.1, -0.05) is 135 Å². The topological polar surface area (TPSA) is 40.5 Å². The number of aryl methyl sites for hydroxylation is 2. The summed E-state index contributed by atoms with van der Waals surface area (Å²) < 4.78 is 0. The molecule has 0 radical (unpaired) electrons. The average Bonchev–Trinajstić information content (AvgIpc) is 2.79. The SMILES string of the molecule is CCCCCCCCCCCCc1cc(O)c(O)c(CCCCCCCCCCCC)c1. The van der Waals surface area contributed by atoms with Crippen LogP contribution < -0.4 is 0 Å². The van der Waals surface area contributed by atoms with E-state index in [1.807, 2.05) is 0 Å². The van der Waals surface area contributed by atoms with Crippen LogP contribution in [0.15, 0.2) is 12.1 Å². The van der Waals surface area contributed by atoms with Crippen molar-refractivity contribution in [3.63, 3.8) is 0 Å². The number of aromatic hydroxyl groups is 2. The van der Waals surface area contributed by atoms with Crippen LogP contribution in [-0.2, 0) is 12.8 Å². The van der Waals surface area contributed by atoms with Crippen LogP contribution in [0.1, 0.15) is 153 Å². The fourth-order valence-electron chi connectivity index (χ4n) is 4.70. The molecule has 0 aliphatic carbocycles. The quantitative estimate of drug-likeness (QED) is 0.137. The molecule has 0 aliphatic rings. The first-order valence-corrected chi connectivity index (χ1v) is 14.2. The molecule has 2 nitrogen and oxygen atoms in total. The van der Waals surface area contributed by atoms with Gasteiger partial charge in [0.2, 0.25) is 0 Å². The minimum Gasteiger partial charge on any atom is -0.504 e. The molecule has 2 N–H and O–H groups in total. The van der Waals surface area contributed by atoms with Gasteiger partial charge in [-0.05, 0) is 42.9 Å². The second-order valence-corrected chi connectivity index (χ2v) is 9.99. The van der Waals surface area contributed by atoms with Gasteiger partial charge >= 0.3 is 0 Å². The minimum absolute atomic E-state index is 0.0664. The van der Waals surface area contributed by atoms with Crippen LogP contribution in [0.5, 0.6) is 11.5 Å². The lowest BCUT2D eigenvalue weighted by Gasteiger charge is -2.10. The Kier molecular flexibility index (Phi) is 18.4. The highest BCUT2D eigenvalue weighted by Crippen LogP contribution is 2.32. The molecule has 0 saturated heterocycles. The number of rotatable bonds is 22. The molecule has 2 heteroatoms. The van der Waals surface area contributed by atoms with Gasteiger partial charge < -0.3 is 10.2 Å². The first-order chi connectivity index (χ1) is 15.7. The van der Waals surface area contributed by atoms with Crippen LogP contribution >= 0.6 is 0 Å². The molecule has 186 valence electrons. The minimum atomic E-state index is 0.0664. The fraction of sp³-hybridized carbons (Fsp3) is 0.800. The Morgan fingerprint density at radius 1 is 0.469 bits per heavy atom. The molecule has 0 heterocycles. The zero-order valence-electron chi connectivity index (χ0n) is 21.6. The lowest BCUT2D eigenvalue weighted by atomic mass is 9.98. The van der Waals surface area contributed by atoms with Gasteiger partial charge in [0.25, 0.3) is 0 Å². The molecule has 1 aromatic carbocycles. The highest BCUT2D eigenvalue weighted by atomic mass is 16.3. The molecular formula is C30H54O2. The summed E-state index contributed by atoms with van der Waals surface area (Å²) in [6.07, 6.45) is 28.5. The molecule has 0 atom stereocenters. The van der Waals surface area contributed by atoms with Gasteiger partial charge in [0.05, 0.1) is 0 Å². The normalized spacial score (nSPS) is 11.3. The van der Waals surface area contributed by atoms with E-state index in [1.165, 1.54) is 128 Å². The van der Waals surface area contributed by atoms with Crippen molar-refractivity contribution in [3.05, 3.63) is 23.3 Å². The average molecular weight is 447 g/mol. The van der Waals surface area contributed by atoms with Crippen LogP contribution in [0.25, 0.3) is 0 Å². The molecule has 0 spiro atoms. The monoisotopic (exact) mass is 446 g/mol. The predicted octanol–water partition coefficient (Wildman–Crippen LogP) is 10.0. The zero-order chi connectivity index (χ0) is 23.3. The second kappa shape index (κ2) is 20.4. The van der Waals surface area contributed by atoms with E-state index in [0.717, 1.165) is 24.8 Å². The molecule has 32 heavy (non-hydrogen) atoms. The van der Waals surface area contributed by atoms with E-state index in [9.17, 15) is 10.2 Å². The Labute approximate surface area is 200 Å². The molecule has 0 unspecified atom stereocenters. The third kappa shape index (κ3) is 14.8. The Morgan fingerprint density at radius 3 is 1.28 bits per heavy atom. The van der Waals surface area contributed by atoms with Crippen LogP contribution in [0.4, 0.5) is 0 Å². The Morgan fingerprint density at radius 2 is 0.844 bits per heavy atom. The third-order valence-electron chi connectivity index (χ3n) is 6.85. The Bertz CT molecular complexity index is 552. The van der Waals surface area contributed by atoms with Crippen molar-refractivity contribution < 1.29 is 10.2 Å². The highest BCUT2D eigenvalue weighted by Gasteiger charge is 2.09. The van der Waals surface area contributed by atoms with Gasteiger partial charge in [-0.25, -0.2) is 0 Å². The number of hydrogen-bond donors (Lipinski definition) is 2. The molecule has 0 bridgehead atoms. The van der Waals surface area contributed by atoms with Gasteiger partial charge in [0.15, 0.2) is 11.5 Å².